The predicted molar refractivity (Wildman–Crippen MR) is 77.0 cm³/mol. The van der Waals surface area contributed by atoms with Gasteiger partial charge in [-0.15, -0.1) is 0 Å². The summed E-state index contributed by atoms with van der Waals surface area (Å²) in [5.74, 6) is 4.70. The molecule has 3 amide bonds. The Bertz CT molecular complexity index is 602. The lowest BCUT2D eigenvalue weighted by Gasteiger charge is -2.17. The van der Waals surface area contributed by atoms with Crippen molar-refractivity contribution in [1.29, 1.82) is 0 Å². The number of imide groups is 1. The third kappa shape index (κ3) is 2.77. The molecule has 104 valence electrons. The Kier molecular flexibility index (Phi) is 3.69. The molecule has 0 spiro atoms. The standard InChI is InChI=1S/C13H15N5O2/c1-18(2)9-5-3-8(4-6-9)7-10-11(17-14)15-13(20)16-12(10)19/h3-7H,14H2,1-2H3,(H2,15,16,17,19,20)/b10-7+. The van der Waals surface area contributed by atoms with Crippen LogP contribution in [0.1, 0.15) is 5.56 Å². The number of rotatable bonds is 2. The Morgan fingerprint density at radius 3 is 2.35 bits per heavy atom. The minimum Gasteiger partial charge on any atom is -0.378 e. The average Bonchev–Trinajstić information content (AvgIpc) is 2.42. The molecule has 2 rings (SSSR count). The molecule has 0 radical (unpaired) electrons. The van der Waals surface area contributed by atoms with Crippen molar-refractivity contribution in [2.24, 2.45) is 10.9 Å². The molecular formula is C13H15N5O2. The zero-order valence-electron chi connectivity index (χ0n) is 11.2. The van der Waals surface area contributed by atoms with E-state index in [9.17, 15) is 9.59 Å². The van der Waals surface area contributed by atoms with Gasteiger partial charge in [0, 0.05) is 19.8 Å². The summed E-state index contributed by atoms with van der Waals surface area (Å²) in [6.45, 7) is 0. The van der Waals surface area contributed by atoms with E-state index in [-0.39, 0.29) is 11.4 Å². The number of nitrogens with two attached hydrogens (primary N) is 1. The van der Waals surface area contributed by atoms with E-state index in [4.69, 9.17) is 5.84 Å². The highest BCUT2D eigenvalue weighted by molar-refractivity contribution is 6.32. The molecule has 1 fully saturated rings. The summed E-state index contributed by atoms with van der Waals surface area (Å²) in [5.41, 5.74) is 2.06. The van der Waals surface area contributed by atoms with Crippen LogP contribution in [-0.4, -0.2) is 31.9 Å². The molecule has 1 aliphatic rings. The van der Waals surface area contributed by atoms with Gasteiger partial charge >= 0.3 is 6.03 Å². The van der Waals surface area contributed by atoms with Crippen molar-refractivity contribution in [1.82, 2.24) is 10.6 Å². The van der Waals surface area contributed by atoms with Crippen molar-refractivity contribution in [2.45, 2.75) is 0 Å². The quantitative estimate of drug-likeness (QED) is 0.408. The SMILES string of the molecule is CN(C)c1ccc(/C=C2/C(=O)NC(=O)N/C2=N/N)cc1. The molecule has 7 heteroatoms. The molecule has 1 aromatic rings. The maximum Gasteiger partial charge on any atom is 0.327 e. The summed E-state index contributed by atoms with van der Waals surface area (Å²) < 4.78 is 0. The number of amides is 3. The van der Waals surface area contributed by atoms with E-state index in [0.717, 1.165) is 11.3 Å². The minimum absolute atomic E-state index is 0.0513. The fraction of sp³-hybridized carbons (Fsp3) is 0.154. The number of nitrogens with zero attached hydrogens (tertiary/aromatic N) is 2. The summed E-state index contributed by atoms with van der Waals surface area (Å²) in [6, 6.07) is 6.93. The number of anilines is 1. The van der Waals surface area contributed by atoms with Crippen LogP contribution < -0.4 is 21.4 Å². The molecule has 0 saturated carbocycles. The Morgan fingerprint density at radius 2 is 1.80 bits per heavy atom. The Labute approximate surface area is 116 Å². The van der Waals surface area contributed by atoms with Gasteiger partial charge in [0.1, 0.15) is 0 Å². The van der Waals surface area contributed by atoms with Crippen molar-refractivity contribution < 1.29 is 9.59 Å². The number of hydrogen-bond donors (Lipinski definition) is 3. The predicted octanol–water partition coefficient (Wildman–Crippen LogP) is 0.248. The zero-order valence-corrected chi connectivity index (χ0v) is 11.2. The molecule has 20 heavy (non-hydrogen) atoms. The Hall–Kier alpha value is -2.83. The minimum atomic E-state index is -0.640. The van der Waals surface area contributed by atoms with E-state index >= 15 is 0 Å². The van der Waals surface area contributed by atoms with E-state index in [2.05, 4.69) is 15.7 Å². The number of nitrogens with one attached hydrogen (secondary N) is 2. The molecule has 7 nitrogen and oxygen atoms in total. The van der Waals surface area contributed by atoms with Crippen LogP contribution in [0.5, 0.6) is 0 Å². The third-order valence-electron chi connectivity index (χ3n) is 2.81. The van der Waals surface area contributed by atoms with Gasteiger partial charge in [0.15, 0.2) is 5.84 Å². The first-order chi connectivity index (χ1) is 9.51. The van der Waals surface area contributed by atoms with Gasteiger partial charge in [0.2, 0.25) is 0 Å². The van der Waals surface area contributed by atoms with Gasteiger partial charge < -0.3 is 10.7 Å². The van der Waals surface area contributed by atoms with Crippen LogP contribution in [0.4, 0.5) is 10.5 Å². The van der Waals surface area contributed by atoms with Crippen LogP contribution in [-0.2, 0) is 4.79 Å². The smallest absolute Gasteiger partial charge is 0.327 e. The molecule has 0 aliphatic carbocycles. The van der Waals surface area contributed by atoms with Gasteiger partial charge in [0.25, 0.3) is 5.91 Å². The van der Waals surface area contributed by atoms with E-state index in [1.807, 2.05) is 43.3 Å². The van der Waals surface area contributed by atoms with Crippen LogP contribution >= 0.6 is 0 Å². The normalized spacial score (nSPS) is 18.9. The van der Waals surface area contributed by atoms with Crippen LogP contribution in [0.15, 0.2) is 34.9 Å². The summed E-state index contributed by atoms with van der Waals surface area (Å²) in [4.78, 5) is 24.9. The first-order valence-corrected chi connectivity index (χ1v) is 5.91. The lowest BCUT2D eigenvalue weighted by Crippen LogP contribution is -2.51. The van der Waals surface area contributed by atoms with E-state index in [1.165, 1.54) is 0 Å². The van der Waals surface area contributed by atoms with E-state index < -0.39 is 11.9 Å². The fourth-order valence-corrected chi connectivity index (χ4v) is 1.76. The molecule has 0 unspecified atom stereocenters. The van der Waals surface area contributed by atoms with Gasteiger partial charge in [0.05, 0.1) is 5.57 Å². The van der Waals surface area contributed by atoms with Crippen molar-refractivity contribution in [3.63, 3.8) is 0 Å². The van der Waals surface area contributed by atoms with Crippen LogP contribution in [0, 0.1) is 0 Å². The maximum atomic E-state index is 11.8. The summed E-state index contributed by atoms with van der Waals surface area (Å²) in [7, 11) is 3.88. The molecule has 1 heterocycles. The highest BCUT2D eigenvalue weighted by atomic mass is 16.2. The third-order valence-corrected chi connectivity index (χ3v) is 2.81. The second-order valence-corrected chi connectivity index (χ2v) is 4.43. The molecule has 1 aromatic carbocycles. The van der Waals surface area contributed by atoms with Crippen LogP contribution in [0.25, 0.3) is 6.08 Å². The van der Waals surface area contributed by atoms with Crippen molar-refractivity contribution in [3.8, 4) is 0 Å². The number of hydrazone groups is 1. The molecule has 1 saturated heterocycles. The van der Waals surface area contributed by atoms with Crippen molar-refractivity contribution >= 4 is 29.5 Å². The largest absolute Gasteiger partial charge is 0.378 e. The summed E-state index contributed by atoms with van der Waals surface area (Å²) in [6.07, 6.45) is 1.61. The topological polar surface area (TPSA) is 99.8 Å². The van der Waals surface area contributed by atoms with Crippen molar-refractivity contribution in [2.75, 3.05) is 19.0 Å². The lowest BCUT2D eigenvalue weighted by atomic mass is 10.1. The zero-order chi connectivity index (χ0) is 14.7. The number of carbonyl (C=O) groups is 2. The second kappa shape index (κ2) is 5.43. The van der Waals surface area contributed by atoms with Gasteiger partial charge in [-0.25, -0.2) is 4.79 Å². The molecule has 4 N–H and O–H groups in total. The highest BCUT2D eigenvalue weighted by Gasteiger charge is 2.25. The molecular weight excluding hydrogens is 258 g/mol. The van der Waals surface area contributed by atoms with E-state index in [0.29, 0.717) is 0 Å². The first kappa shape index (κ1) is 13.6. The van der Waals surface area contributed by atoms with Gasteiger partial charge in [-0.1, -0.05) is 12.1 Å². The molecule has 0 aromatic heterocycles. The van der Waals surface area contributed by atoms with Gasteiger partial charge in [-0.2, -0.15) is 5.10 Å². The van der Waals surface area contributed by atoms with Gasteiger partial charge in [-0.3, -0.25) is 15.4 Å². The number of urea groups is 1. The highest BCUT2D eigenvalue weighted by Crippen LogP contribution is 2.15. The summed E-state index contributed by atoms with van der Waals surface area (Å²) in [5, 5.41) is 7.93. The van der Waals surface area contributed by atoms with Crippen molar-refractivity contribution in [3.05, 3.63) is 35.4 Å². The van der Waals surface area contributed by atoms with Crippen LogP contribution in [0.2, 0.25) is 0 Å². The molecule has 1 aliphatic heterocycles. The second-order valence-electron chi connectivity index (χ2n) is 4.43. The average molecular weight is 273 g/mol. The number of hydrogen-bond acceptors (Lipinski definition) is 5. The number of carbonyl (C=O) groups excluding carboxylic acids is 2. The maximum absolute atomic E-state index is 11.8. The first-order valence-electron chi connectivity index (χ1n) is 5.91. The number of amidine groups is 1. The molecule has 0 bridgehead atoms. The van der Waals surface area contributed by atoms with E-state index in [1.54, 1.807) is 6.08 Å². The van der Waals surface area contributed by atoms with Gasteiger partial charge in [-0.05, 0) is 23.8 Å². The lowest BCUT2D eigenvalue weighted by molar-refractivity contribution is -0.116. The Balaban J connectivity index is 2.33. The fourth-order valence-electron chi connectivity index (χ4n) is 1.76. The molecule has 0 atom stereocenters. The summed E-state index contributed by atoms with van der Waals surface area (Å²) >= 11 is 0. The van der Waals surface area contributed by atoms with Crippen LogP contribution in [0.3, 0.4) is 0 Å². The monoisotopic (exact) mass is 273 g/mol. The Morgan fingerprint density at radius 1 is 1.15 bits per heavy atom. The number of benzene rings is 1.